The van der Waals surface area contributed by atoms with Gasteiger partial charge in [0, 0.05) is 5.56 Å². The van der Waals surface area contributed by atoms with Crippen LogP contribution in [0.4, 0.5) is 4.39 Å². The third-order valence-electron chi connectivity index (χ3n) is 2.69. The second-order valence-corrected chi connectivity index (χ2v) is 7.64. The van der Waals surface area contributed by atoms with Crippen molar-refractivity contribution in [2.24, 2.45) is 5.84 Å². The number of hydrogen-bond donors (Lipinski definition) is 2. The van der Waals surface area contributed by atoms with E-state index in [0.717, 1.165) is 18.7 Å². The molecule has 6 heteroatoms. The van der Waals surface area contributed by atoms with E-state index in [1.54, 1.807) is 24.3 Å². The topological polar surface area (TPSA) is 38.0 Å². The Morgan fingerprint density at radius 1 is 1.33 bits per heavy atom. The summed E-state index contributed by atoms with van der Waals surface area (Å²) in [7, 11) is 0. The highest BCUT2D eigenvalue weighted by Gasteiger charge is 2.18. The van der Waals surface area contributed by atoms with Crippen molar-refractivity contribution >= 4 is 43.2 Å². The first-order valence-corrected chi connectivity index (χ1v) is 7.60. The van der Waals surface area contributed by atoms with Crippen molar-refractivity contribution in [3.63, 3.8) is 0 Å². The molecule has 0 saturated carbocycles. The van der Waals surface area contributed by atoms with Crippen LogP contribution in [0.5, 0.6) is 0 Å². The van der Waals surface area contributed by atoms with E-state index in [2.05, 4.69) is 37.3 Å². The van der Waals surface area contributed by atoms with Crippen LogP contribution in [0.2, 0.25) is 0 Å². The lowest BCUT2D eigenvalue weighted by Gasteiger charge is -2.16. The lowest BCUT2D eigenvalue weighted by atomic mass is 10.0. The molecule has 0 fully saturated rings. The molecule has 3 N–H and O–H groups in total. The van der Waals surface area contributed by atoms with Gasteiger partial charge in [-0.05, 0) is 62.0 Å². The number of nitrogens with two attached hydrogens (primary N) is 1. The van der Waals surface area contributed by atoms with E-state index in [9.17, 15) is 4.39 Å². The van der Waals surface area contributed by atoms with Crippen molar-refractivity contribution in [3.05, 3.63) is 54.3 Å². The molecule has 1 aromatic heterocycles. The molecule has 0 amide bonds. The Hall–Kier alpha value is -0.270. The molecule has 1 aromatic carbocycles. The van der Waals surface area contributed by atoms with Crippen molar-refractivity contribution in [2.45, 2.75) is 13.0 Å². The van der Waals surface area contributed by atoms with Crippen molar-refractivity contribution in [1.82, 2.24) is 5.43 Å². The van der Waals surface area contributed by atoms with Gasteiger partial charge in [0.2, 0.25) is 0 Å². The predicted octanol–water partition coefficient (Wildman–Crippen LogP) is 4.27. The van der Waals surface area contributed by atoms with Crippen molar-refractivity contribution < 1.29 is 4.39 Å². The Balaban J connectivity index is 2.45. The highest BCUT2D eigenvalue weighted by Crippen LogP contribution is 2.37. The molecule has 2 nitrogen and oxygen atoms in total. The number of hydrazine groups is 1. The Kier molecular flexibility index (Phi) is 4.55. The van der Waals surface area contributed by atoms with Gasteiger partial charge in [0.05, 0.1) is 13.6 Å². The molecule has 1 atom stereocenters. The zero-order chi connectivity index (χ0) is 13.3. The van der Waals surface area contributed by atoms with Gasteiger partial charge in [0.15, 0.2) is 0 Å². The average molecular weight is 394 g/mol. The number of nitrogens with one attached hydrogen (secondary N) is 1. The molecule has 0 radical (unpaired) electrons. The van der Waals surface area contributed by atoms with Crippen molar-refractivity contribution in [1.29, 1.82) is 0 Å². The monoisotopic (exact) mass is 392 g/mol. The number of rotatable bonds is 3. The molecule has 0 aliphatic carbocycles. The number of hydrogen-bond acceptors (Lipinski definition) is 3. The highest BCUT2D eigenvalue weighted by molar-refractivity contribution is 9.12. The first-order chi connectivity index (χ1) is 8.52. The normalized spacial score (nSPS) is 12.7. The third-order valence-corrected chi connectivity index (χ3v) is 5.08. The summed E-state index contributed by atoms with van der Waals surface area (Å²) in [5.41, 5.74) is 5.13. The summed E-state index contributed by atoms with van der Waals surface area (Å²) in [6.07, 6.45) is 0. The van der Waals surface area contributed by atoms with Gasteiger partial charge in [0.25, 0.3) is 0 Å². The smallest absolute Gasteiger partial charge is 0.126 e. The number of aryl methyl sites for hydroxylation is 1. The highest BCUT2D eigenvalue weighted by atomic mass is 79.9. The summed E-state index contributed by atoms with van der Waals surface area (Å²) < 4.78 is 15.6. The second-order valence-electron chi connectivity index (χ2n) is 3.89. The molecule has 0 aliphatic rings. The van der Waals surface area contributed by atoms with E-state index in [4.69, 9.17) is 5.84 Å². The minimum absolute atomic E-state index is 0.224. The summed E-state index contributed by atoms with van der Waals surface area (Å²) >= 11 is 8.47. The lowest BCUT2D eigenvalue weighted by Crippen LogP contribution is -2.28. The average Bonchev–Trinajstić information content (AvgIpc) is 2.64. The molecular weight excluding hydrogens is 383 g/mol. The van der Waals surface area contributed by atoms with E-state index in [0.29, 0.717) is 5.56 Å². The quantitative estimate of drug-likeness (QED) is 0.603. The maximum absolute atomic E-state index is 13.6. The van der Waals surface area contributed by atoms with Gasteiger partial charge < -0.3 is 0 Å². The fourth-order valence-electron chi connectivity index (χ4n) is 1.70. The Labute approximate surface area is 126 Å². The van der Waals surface area contributed by atoms with Crippen molar-refractivity contribution in [3.8, 4) is 0 Å². The summed E-state index contributed by atoms with van der Waals surface area (Å²) in [6, 6.07) is 6.87. The zero-order valence-corrected chi connectivity index (χ0v) is 13.5. The summed E-state index contributed by atoms with van der Waals surface area (Å²) in [6.45, 7) is 1.74. The molecule has 96 valence electrons. The minimum atomic E-state index is -0.239. The minimum Gasteiger partial charge on any atom is -0.271 e. The van der Waals surface area contributed by atoms with Gasteiger partial charge >= 0.3 is 0 Å². The maximum Gasteiger partial charge on any atom is 0.126 e. The van der Waals surface area contributed by atoms with Crippen LogP contribution < -0.4 is 11.3 Å². The molecule has 1 heterocycles. The van der Waals surface area contributed by atoms with E-state index in [1.165, 1.54) is 6.07 Å². The number of halogens is 3. The Bertz CT molecular complexity index is 571. The first kappa shape index (κ1) is 14.1. The van der Waals surface area contributed by atoms with Crippen LogP contribution in [0.15, 0.2) is 31.8 Å². The van der Waals surface area contributed by atoms with Crippen LogP contribution in [-0.4, -0.2) is 0 Å². The largest absolute Gasteiger partial charge is 0.271 e. The Morgan fingerprint density at radius 2 is 2.06 bits per heavy atom. The summed E-state index contributed by atoms with van der Waals surface area (Å²) in [4.78, 5) is 0. The van der Waals surface area contributed by atoms with Crippen LogP contribution >= 0.6 is 43.2 Å². The third kappa shape index (κ3) is 2.83. The lowest BCUT2D eigenvalue weighted by molar-refractivity contribution is 0.599. The van der Waals surface area contributed by atoms with Gasteiger partial charge in [-0.2, -0.15) is 0 Å². The van der Waals surface area contributed by atoms with E-state index in [-0.39, 0.29) is 11.9 Å². The molecule has 0 spiro atoms. The van der Waals surface area contributed by atoms with Gasteiger partial charge in [-0.15, -0.1) is 11.3 Å². The molecule has 0 aliphatic heterocycles. The molecule has 0 bridgehead atoms. The summed E-state index contributed by atoms with van der Waals surface area (Å²) in [5.74, 6) is 5.38. The molecule has 1 unspecified atom stereocenters. The molecule has 2 aromatic rings. The zero-order valence-electron chi connectivity index (χ0n) is 9.51. The summed E-state index contributed by atoms with van der Waals surface area (Å²) in [5, 5.41) is 0. The first-order valence-electron chi connectivity index (χ1n) is 5.20. The van der Waals surface area contributed by atoms with Crippen molar-refractivity contribution in [2.75, 3.05) is 0 Å². The molecular formula is C12H11Br2FN2S. The number of benzene rings is 1. The van der Waals surface area contributed by atoms with Gasteiger partial charge in [-0.3, -0.25) is 5.84 Å². The van der Waals surface area contributed by atoms with E-state index < -0.39 is 0 Å². The predicted molar refractivity (Wildman–Crippen MR) is 80.0 cm³/mol. The van der Waals surface area contributed by atoms with Crippen LogP contribution in [0.3, 0.4) is 0 Å². The van der Waals surface area contributed by atoms with Gasteiger partial charge in [-0.25, -0.2) is 9.82 Å². The fraction of sp³-hybridized carbons (Fsp3) is 0.167. The van der Waals surface area contributed by atoms with E-state index in [1.807, 2.05) is 12.1 Å². The van der Waals surface area contributed by atoms with Crippen LogP contribution in [0.25, 0.3) is 0 Å². The van der Waals surface area contributed by atoms with Crippen LogP contribution in [-0.2, 0) is 0 Å². The molecule has 2 rings (SSSR count). The standard InChI is InChI=1S/C12H11Br2FN2S/c1-6-2-3-7(4-9(6)15)11(17-16)8-5-10(13)18-12(8)14/h2-5,11,17H,16H2,1H3. The fourth-order valence-corrected chi connectivity index (χ4v) is 4.61. The second kappa shape index (κ2) is 5.79. The number of thiophene rings is 1. The van der Waals surface area contributed by atoms with Crippen LogP contribution in [0.1, 0.15) is 22.7 Å². The SMILES string of the molecule is Cc1ccc(C(NN)c2cc(Br)sc2Br)cc1F. The Morgan fingerprint density at radius 3 is 2.56 bits per heavy atom. The van der Waals surface area contributed by atoms with Gasteiger partial charge in [-0.1, -0.05) is 12.1 Å². The maximum atomic E-state index is 13.6. The molecule has 0 saturated heterocycles. The van der Waals surface area contributed by atoms with Gasteiger partial charge in [0.1, 0.15) is 5.82 Å². The van der Waals surface area contributed by atoms with E-state index >= 15 is 0 Å². The molecule has 18 heavy (non-hydrogen) atoms. The van der Waals surface area contributed by atoms with Crippen LogP contribution in [0, 0.1) is 12.7 Å².